The van der Waals surface area contributed by atoms with Gasteiger partial charge in [-0.3, -0.25) is 0 Å². The summed E-state index contributed by atoms with van der Waals surface area (Å²) in [6.07, 6.45) is 4.16. The summed E-state index contributed by atoms with van der Waals surface area (Å²) < 4.78 is 1.16. The van der Waals surface area contributed by atoms with Crippen molar-refractivity contribution in [3.8, 4) is 0 Å². The molecule has 0 heterocycles. The molecule has 1 unspecified atom stereocenters. The zero-order valence-corrected chi connectivity index (χ0v) is 10.8. The smallest absolute Gasteiger partial charge is 0.0322 e. The zero-order valence-electron chi connectivity index (χ0n) is 9.17. The van der Waals surface area contributed by atoms with E-state index in [1.54, 1.807) is 0 Å². The fourth-order valence-electron chi connectivity index (χ4n) is 1.97. The van der Waals surface area contributed by atoms with Gasteiger partial charge in [0.05, 0.1) is 0 Å². The molecular weight excluding hydrogens is 250 g/mol. The van der Waals surface area contributed by atoms with Crippen LogP contribution in [0.1, 0.15) is 37.8 Å². The summed E-state index contributed by atoms with van der Waals surface area (Å²) in [5.41, 5.74) is 1.42. The quantitative estimate of drug-likeness (QED) is 0.854. The Morgan fingerprint density at radius 2 is 2.00 bits per heavy atom. The number of hydrogen-bond donors (Lipinski definition) is 1. The summed E-state index contributed by atoms with van der Waals surface area (Å²) in [5, 5.41) is 3.57. The molecule has 15 heavy (non-hydrogen) atoms. The van der Waals surface area contributed by atoms with Crippen LogP contribution in [-0.4, -0.2) is 6.54 Å². The maximum Gasteiger partial charge on any atom is 0.0322 e. The van der Waals surface area contributed by atoms with Crippen molar-refractivity contribution in [2.45, 2.75) is 32.2 Å². The molecule has 2 heteroatoms. The van der Waals surface area contributed by atoms with Crippen LogP contribution in [0.3, 0.4) is 0 Å². The molecule has 0 aliphatic heterocycles. The summed E-state index contributed by atoms with van der Waals surface area (Å²) in [6.45, 7) is 3.23. The minimum atomic E-state index is 0.551. The molecule has 1 atom stereocenters. The highest BCUT2D eigenvalue weighted by molar-refractivity contribution is 9.10. The fraction of sp³-hybridized carbons (Fsp3) is 0.538. The van der Waals surface area contributed by atoms with Crippen LogP contribution in [0.4, 0.5) is 0 Å². The van der Waals surface area contributed by atoms with E-state index in [-0.39, 0.29) is 0 Å². The van der Waals surface area contributed by atoms with Crippen LogP contribution in [-0.2, 0) is 0 Å². The van der Waals surface area contributed by atoms with Gasteiger partial charge in [-0.2, -0.15) is 0 Å². The maximum atomic E-state index is 3.57. The van der Waals surface area contributed by atoms with Crippen molar-refractivity contribution in [1.29, 1.82) is 0 Å². The highest BCUT2D eigenvalue weighted by Crippen LogP contribution is 2.37. The monoisotopic (exact) mass is 267 g/mol. The molecule has 1 aliphatic carbocycles. The van der Waals surface area contributed by atoms with Gasteiger partial charge in [0.2, 0.25) is 0 Å². The first kappa shape index (κ1) is 11.2. The second kappa shape index (κ2) is 5.13. The van der Waals surface area contributed by atoms with Crippen molar-refractivity contribution in [2.75, 3.05) is 6.54 Å². The van der Waals surface area contributed by atoms with Crippen LogP contribution in [0, 0.1) is 5.92 Å². The minimum absolute atomic E-state index is 0.551. The third kappa shape index (κ3) is 3.32. The Bertz CT molecular complexity index is 303. The molecule has 1 aromatic rings. The molecule has 1 N–H and O–H groups in total. The van der Waals surface area contributed by atoms with Crippen molar-refractivity contribution in [2.24, 2.45) is 5.92 Å². The summed E-state index contributed by atoms with van der Waals surface area (Å²) in [6, 6.07) is 9.26. The molecule has 1 aliphatic rings. The molecule has 0 radical (unpaired) electrons. The van der Waals surface area contributed by atoms with Gasteiger partial charge in [0.1, 0.15) is 0 Å². The topological polar surface area (TPSA) is 12.0 Å². The molecule has 0 saturated heterocycles. The van der Waals surface area contributed by atoms with Crippen LogP contribution in [0.5, 0.6) is 0 Å². The number of halogens is 1. The lowest BCUT2D eigenvalue weighted by Crippen LogP contribution is -2.21. The van der Waals surface area contributed by atoms with Gasteiger partial charge < -0.3 is 5.32 Å². The zero-order chi connectivity index (χ0) is 10.7. The third-order valence-corrected chi connectivity index (χ3v) is 3.52. The highest BCUT2D eigenvalue weighted by Gasteiger charge is 2.25. The van der Waals surface area contributed by atoms with E-state index < -0.39 is 0 Å². The summed E-state index contributed by atoms with van der Waals surface area (Å²) in [4.78, 5) is 0. The van der Waals surface area contributed by atoms with Crippen LogP contribution >= 0.6 is 15.9 Å². The van der Waals surface area contributed by atoms with E-state index in [0.29, 0.717) is 6.04 Å². The van der Waals surface area contributed by atoms with Crippen LogP contribution in [0.2, 0.25) is 0 Å². The number of benzene rings is 1. The van der Waals surface area contributed by atoms with Crippen molar-refractivity contribution in [3.05, 3.63) is 34.3 Å². The molecule has 2 rings (SSSR count). The van der Waals surface area contributed by atoms with Gasteiger partial charge in [-0.1, -0.05) is 47.8 Å². The van der Waals surface area contributed by atoms with E-state index in [1.807, 2.05) is 0 Å². The van der Waals surface area contributed by atoms with E-state index >= 15 is 0 Å². The Labute approximate surface area is 100 Å². The lowest BCUT2D eigenvalue weighted by Gasteiger charge is -2.18. The SMILES string of the molecule is CCNC(CC1CC1)c1ccc(Br)cc1. The lowest BCUT2D eigenvalue weighted by atomic mass is 10.0. The average Bonchev–Trinajstić information content (AvgIpc) is 3.02. The molecule has 0 aromatic heterocycles. The van der Waals surface area contributed by atoms with E-state index in [2.05, 4.69) is 52.4 Å². The van der Waals surface area contributed by atoms with E-state index in [1.165, 1.54) is 24.8 Å². The van der Waals surface area contributed by atoms with Crippen molar-refractivity contribution in [3.63, 3.8) is 0 Å². The van der Waals surface area contributed by atoms with E-state index in [0.717, 1.165) is 16.9 Å². The second-order valence-electron chi connectivity index (χ2n) is 4.34. The largest absolute Gasteiger partial charge is 0.310 e. The summed E-state index contributed by atoms with van der Waals surface area (Å²) >= 11 is 3.48. The van der Waals surface area contributed by atoms with Gasteiger partial charge in [0.15, 0.2) is 0 Å². The second-order valence-corrected chi connectivity index (χ2v) is 5.26. The molecule has 82 valence electrons. The van der Waals surface area contributed by atoms with Crippen LogP contribution in [0.25, 0.3) is 0 Å². The first-order chi connectivity index (χ1) is 7.29. The van der Waals surface area contributed by atoms with Gasteiger partial charge in [0.25, 0.3) is 0 Å². The van der Waals surface area contributed by atoms with E-state index in [4.69, 9.17) is 0 Å². The Kier molecular flexibility index (Phi) is 3.81. The molecule has 1 fully saturated rings. The van der Waals surface area contributed by atoms with Gasteiger partial charge >= 0.3 is 0 Å². The molecule has 0 spiro atoms. The summed E-state index contributed by atoms with van der Waals surface area (Å²) in [5.74, 6) is 0.970. The van der Waals surface area contributed by atoms with Gasteiger partial charge in [-0.05, 0) is 36.6 Å². The predicted octanol–water partition coefficient (Wildman–Crippen LogP) is 3.90. The van der Waals surface area contributed by atoms with Gasteiger partial charge in [-0.25, -0.2) is 0 Å². The first-order valence-corrected chi connectivity index (χ1v) is 6.57. The number of hydrogen-bond acceptors (Lipinski definition) is 1. The molecule has 1 aromatic carbocycles. The van der Waals surface area contributed by atoms with Crippen LogP contribution < -0.4 is 5.32 Å². The maximum absolute atomic E-state index is 3.57. The Balaban J connectivity index is 2.04. The molecular formula is C13H18BrN. The standard InChI is InChI=1S/C13H18BrN/c1-2-15-13(9-10-3-4-10)11-5-7-12(14)8-6-11/h5-8,10,13,15H,2-4,9H2,1H3. The molecule has 0 amide bonds. The Hall–Kier alpha value is -0.340. The van der Waals surface area contributed by atoms with E-state index in [9.17, 15) is 0 Å². The molecule has 1 nitrogen and oxygen atoms in total. The first-order valence-electron chi connectivity index (χ1n) is 5.78. The number of nitrogens with one attached hydrogen (secondary N) is 1. The van der Waals surface area contributed by atoms with Gasteiger partial charge in [0, 0.05) is 10.5 Å². The van der Waals surface area contributed by atoms with Gasteiger partial charge in [-0.15, -0.1) is 0 Å². The summed E-state index contributed by atoms with van der Waals surface area (Å²) in [7, 11) is 0. The van der Waals surface area contributed by atoms with Crippen LogP contribution in [0.15, 0.2) is 28.7 Å². The van der Waals surface area contributed by atoms with Crippen molar-refractivity contribution >= 4 is 15.9 Å². The Morgan fingerprint density at radius 3 is 2.53 bits per heavy atom. The predicted molar refractivity (Wildman–Crippen MR) is 67.9 cm³/mol. The molecule has 1 saturated carbocycles. The average molecular weight is 268 g/mol. The lowest BCUT2D eigenvalue weighted by molar-refractivity contribution is 0.487. The number of rotatable bonds is 5. The Morgan fingerprint density at radius 1 is 1.33 bits per heavy atom. The third-order valence-electron chi connectivity index (χ3n) is 2.99. The van der Waals surface area contributed by atoms with Crippen molar-refractivity contribution in [1.82, 2.24) is 5.32 Å². The minimum Gasteiger partial charge on any atom is -0.310 e. The van der Waals surface area contributed by atoms with Crippen molar-refractivity contribution < 1.29 is 0 Å². The normalized spacial score (nSPS) is 17.7. The highest BCUT2D eigenvalue weighted by atomic mass is 79.9. The molecule has 0 bridgehead atoms. The fourth-order valence-corrected chi connectivity index (χ4v) is 2.23.